The van der Waals surface area contributed by atoms with Crippen molar-refractivity contribution in [1.82, 2.24) is 20.2 Å². The summed E-state index contributed by atoms with van der Waals surface area (Å²) < 4.78 is 13.6. The van der Waals surface area contributed by atoms with Gasteiger partial charge in [0.05, 0.1) is 12.2 Å². The smallest absolute Gasteiger partial charge is 0.224 e. The standard InChI is InChI=1S/C19H19FN6O2/c1-13(27)21-17-12-15(9-10-16(17)20)22-18(28)8-5-11-26-24-19(23-25-26)14-6-3-2-4-7-14/h2-4,6-7,9-10,12H,5,8,11H2,1H3,(H,21,27)(H,22,28). The molecule has 28 heavy (non-hydrogen) atoms. The van der Waals surface area contributed by atoms with Crippen molar-refractivity contribution in [1.29, 1.82) is 0 Å². The molecule has 0 spiro atoms. The van der Waals surface area contributed by atoms with Gasteiger partial charge in [-0.3, -0.25) is 9.59 Å². The number of carbonyl (C=O) groups is 2. The molecule has 0 aliphatic heterocycles. The Morgan fingerprint density at radius 1 is 1.11 bits per heavy atom. The quantitative estimate of drug-likeness (QED) is 0.654. The third kappa shape index (κ3) is 5.19. The van der Waals surface area contributed by atoms with Crippen LogP contribution in [0.15, 0.2) is 48.5 Å². The minimum Gasteiger partial charge on any atom is -0.326 e. The average Bonchev–Trinajstić information content (AvgIpc) is 3.14. The fraction of sp³-hybridized carbons (Fsp3) is 0.211. The molecule has 0 saturated carbocycles. The summed E-state index contributed by atoms with van der Waals surface area (Å²) in [4.78, 5) is 24.6. The Morgan fingerprint density at radius 2 is 1.89 bits per heavy atom. The molecule has 0 unspecified atom stereocenters. The number of rotatable bonds is 7. The van der Waals surface area contributed by atoms with Gasteiger partial charge in [0.25, 0.3) is 0 Å². The molecule has 1 aromatic heterocycles. The summed E-state index contributed by atoms with van der Waals surface area (Å²) in [7, 11) is 0. The summed E-state index contributed by atoms with van der Waals surface area (Å²) in [6.45, 7) is 1.72. The van der Waals surface area contributed by atoms with Crippen LogP contribution in [0, 0.1) is 5.82 Å². The largest absolute Gasteiger partial charge is 0.326 e. The van der Waals surface area contributed by atoms with Gasteiger partial charge in [-0.1, -0.05) is 30.3 Å². The molecule has 2 amide bonds. The highest BCUT2D eigenvalue weighted by Gasteiger charge is 2.09. The molecule has 0 aliphatic rings. The van der Waals surface area contributed by atoms with Crippen LogP contribution in [0.2, 0.25) is 0 Å². The predicted octanol–water partition coefficient (Wildman–Crippen LogP) is 2.86. The van der Waals surface area contributed by atoms with E-state index in [2.05, 4.69) is 26.0 Å². The summed E-state index contributed by atoms with van der Waals surface area (Å²) in [6.07, 6.45) is 0.741. The van der Waals surface area contributed by atoms with Crippen LogP contribution in [0.5, 0.6) is 0 Å². The van der Waals surface area contributed by atoms with Crippen molar-refractivity contribution in [3.63, 3.8) is 0 Å². The van der Waals surface area contributed by atoms with Crippen LogP contribution in [0.3, 0.4) is 0 Å². The lowest BCUT2D eigenvalue weighted by molar-refractivity contribution is -0.116. The van der Waals surface area contributed by atoms with Crippen molar-refractivity contribution < 1.29 is 14.0 Å². The van der Waals surface area contributed by atoms with E-state index >= 15 is 0 Å². The molecule has 144 valence electrons. The van der Waals surface area contributed by atoms with Gasteiger partial charge in [0.1, 0.15) is 5.82 Å². The summed E-state index contributed by atoms with van der Waals surface area (Å²) in [5, 5.41) is 17.3. The van der Waals surface area contributed by atoms with Crippen molar-refractivity contribution in [3.8, 4) is 11.4 Å². The molecule has 0 bridgehead atoms. The van der Waals surface area contributed by atoms with E-state index in [4.69, 9.17) is 0 Å². The predicted molar refractivity (Wildman–Crippen MR) is 102 cm³/mol. The molecule has 0 radical (unpaired) electrons. The Morgan fingerprint density at radius 3 is 2.64 bits per heavy atom. The zero-order chi connectivity index (χ0) is 19.9. The van der Waals surface area contributed by atoms with Crippen LogP contribution in [0.25, 0.3) is 11.4 Å². The van der Waals surface area contributed by atoms with Gasteiger partial charge < -0.3 is 10.6 Å². The van der Waals surface area contributed by atoms with Gasteiger partial charge in [-0.2, -0.15) is 4.80 Å². The first-order valence-electron chi connectivity index (χ1n) is 8.71. The first kappa shape index (κ1) is 19.2. The van der Waals surface area contributed by atoms with E-state index in [1.807, 2.05) is 30.3 Å². The second-order valence-corrected chi connectivity index (χ2v) is 6.10. The first-order valence-corrected chi connectivity index (χ1v) is 8.71. The highest BCUT2D eigenvalue weighted by atomic mass is 19.1. The van der Waals surface area contributed by atoms with Crippen LogP contribution in [0.4, 0.5) is 15.8 Å². The summed E-state index contributed by atoms with van der Waals surface area (Å²) in [5.41, 5.74) is 1.30. The Bertz CT molecular complexity index is 974. The maximum absolute atomic E-state index is 13.6. The number of carbonyl (C=O) groups excluding carboxylic acids is 2. The third-order valence-corrected chi connectivity index (χ3v) is 3.81. The van der Waals surface area contributed by atoms with E-state index in [0.717, 1.165) is 5.56 Å². The maximum Gasteiger partial charge on any atom is 0.224 e. The summed E-state index contributed by atoms with van der Waals surface area (Å²) >= 11 is 0. The van der Waals surface area contributed by atoms with Gasteiger partial charge in [0, 0.05) is 24.6 Å². The Balaban J connectivity index is 1.50. The number of hydrogen-bond donors (Lipinski definition) is 2. The second-order valence-electron chi connectivity index (χ2n) is 6.10. The van der Waals surface area contributed by atoms with Crippen LogP contribution in [-0.4, -0.2) is 32.0 Å². The number of amides is 2. The van der Waals surface area contributed by atoms with Gasteiger partial charge in [-0.25, -0.2) is 4.39 Å². The van der Waals surface area contributed by atoms with Gasteiger partial charge in [-0.05, 0) is 29.8 Å². The molecule has 1 heterocycles. The lowest BCUT2D eigenvalue weighted by Crippen LogP contribution is -2.14. The van der Waals surface area contributed by atoms with Crippen LogP contribution >= 0.6 is 0 Å². The normalized spacial score (nSPS) is 10.5. The van der Waals surface area contributed by atoms with Crippen molar-refractivity contribution in [2.75, 3.05) is 10.6 Å². The van der Waals surface area contributed by atoms with Gasteiger partial charge in [-0.15, -0.1) is 10.2 Å². The number of nitrogens with zero attached hydrogens (tertiary/aromatic N) is 4. The van der Waals surface area contributed by atoms with E-state index in [-0.39, 0.29) is 18.0 Å². The molecule has 3 rings (SSSR count). The number of halogens is 1. The van der Waals surface area contributed by atoms with E-state index in [1.54, 1.807) is 0 Å². The molecule has 0 saturated heterocycles. The Kier molecular flexibility index (Phi) is 6.05. The molecule has 0 fully saturated rings. The molecule has 8 nitrogen and oxygen atoms in total. The lowest BCUT2D eigenvalue weighted by Gasteiger charge is -2.09. The summed E-state index contributed by atoms with van der Waals surface area (Å²) in [6, 6.07) is 13.5. The van der Waals surface area contributed by atoms with Crippen molar-refractivity contribution in [2.24, 2.45) is 0 Å². The van der Waals surface area contributed by atoms with Gasteiger partial charge >= 0.3 is 0 Å². The average molecular weight is 382 g/mol. The van der Waals surface area contributed by atoms with Crippen molar-refractivity contribution >= 4 is 23.2 Å². The zero-order valence-corrected chi connectivity index (χ0v) is 15.2. The van der Waals surface area contributed by atoms with Gasteiger partial charge in [0.2, 0.25) is 17.6 Å². The fourth-order valence-electron chi connectivity index (χ4n) is 2.53. The highest BCUT2D eigenvalue weighted by Crippen LogP contribution is 2.20. The Labute approximate surface area is 160 Å². The van der Waals surface area contributed by atoms with Crippen molar-refractivity contribution in [3.05, 3.63) is 54.3 Å². The number of nitrogens with one attached hydrogen (secondary N) is 2. The topological polar surface area (TPSA) is 102 Å². The third-order valence-electron chi connectivity index (χ3n) is 3.81. The minimum absolute atomic E-state index is 0.0190. The van der Waals surface area contributed by atoms with Crippen LogP contribution in [0.1, 0.15) is 19.8 Å². The van der Waals surface area contributed by atoms with Gasteiger partial charge in [0.15, 0.2) is 0 Å². The molecule has 2 aromatic carbocycles. The number of aryl methyl sites for hydroxylation is 1. The molecular weight excluding hydrogens is 363 g/mol. The van der Waals surface area contributed by atoms with E-state index in [0.29, 0.717) is 24.5 Å². The number of tetrazole rings is 1. The molecular formula is C19H19FN6O2. The molecule has 9 heteroatoms. The van der Waals surface area contributed by atoms with E-state index in [9.17, 15) is 14.0 Å². The number of benzene rings is 2. The second kappa shape index (κ2) is 8.85. The Hall–Kier alpha value is -3.62. The first-order chi connectivity index (χ1) is 13.5. The SMILES string of the molecule is CC(=O)Nc1cc(NC(=O)CCCn2nnc(-c3ccccc3)n2)ccc1F. The van der Waals surface area contributed by atoms with E-state index < -0.39 is 11.7 Å². The zero-order valence-electron chi connectivity index (χ0n) is 15.2. The lowest BCUT2D eigenvalue weighted by atomic mass is 10.2. The molecule has 3 aromatic rings. The number of anilines is 2. The van der Waals surface area contributed by atoms with Crippen LogP contribution in [-0.2, 0) is 16.1 Å². The molecule has 2 N–H and O–H groups in total. The van der Waals surface area contributed by atoms with Crippen molar-refractivity contribution in [2.45, 2.75) is 26.3 Å². The molecule has 0 atom stereocenters. The number of aromatic nitrogens is 4. The number of hydrogen-bond acceptors (Lipinski definition) is 5. The fourth-order valence-corrected chi connectivity index (χ4v) is 2.53. The highest BCUT2D eigenvalue weighted by molar-refractivity contribution is 5.93. The van der Waals surface area contributed by atoms with E-state index in [1.165, 1.54) is 29.9 Å². The maximum atomic E-state index is 13.6. The molecule has 0 aliphatic carbocycles. The summed E-state index contributed by atoms with van der Waals surface area (Å²) in [5.74, 6) is -0.664. The monoisotopic (exact) mass is 382 g/mol. The minimum atomic E-state index is -0.570. The van der Waals surface area contributed by atoms with Crippen LogP contribution < -0.4 is 10.6 Å².